The van der Waals surface area contributed by atoms with Crippen LogP contribution in [0.2, 0.25) is 0 Å². The normalized spacial score (nSPS) is 17.1. The Balaban J connectivity index is 2.18. The van der Waals surface area contributed by atoms with Crippen LogP contribution in [0.1, 0.15) is 5.56 Å². The molecule has 0 aliphatic carbocycles. The first-order chi connectivity index (χ1) is 6.77. The molecule has 1 saturated heterocycles. The van der Waals surface area contributed by atoms with E-state index < -0.39 is 0 Å². The van der Waals surface area contributed by atoms with E-state index >= 15 is 0 Å². The van der Waals surface area contributed by atoms with Crippen LogP contribution >= 0.6 is 0 Å². The second-order valence-corrected chi connectivity index (χ2v) is 3.64. The molecule has 2 heterocycles. The highest BCUT2D eigenvalue weighted by molar-refractivity contribution is 5.52. The third kappa shape index (κ3) is 1.80. The zero-order chi connectivity index (χ0) is 9.97. The van der Waals surface area contributed by atoms with Gasteiger partial charge in [-0.05, 0) is 18.6 Å². The largest absolute Gasteiger partial charge is 0.397 e. The van der Waals surface area contributed by atoms with Crippen molar-refractivity contribution in [1.29, 1.82) is 0 Å². The van der Waals surface area contributed by atoms with Gasteiger partial charge in [-0.1, -0.05) is 0 Å². The van der Waals surface area contributed by atoms with E-state index in [9.17, 15) is 0 Å². The summed E-state index contributed by atoms with van der Waals surface area (Å²) < 4.78 is 0. The predicted octanol–water partition coefficient (Wildman–Crippen LogP) is 0.382. The molecular formula is C10H16N4. The van der Waals surface area contributed by atoms with Gasteiger partial charge in [0.15, 0.2) is 0 Å². The van der Waals surface area contributed by atoms with Gasteiger partial charge < -0.3 is 16.0 Å². The van der Waals surface area contributed by atoms with Crippen molar-refractivity contribution in [3.8, 4) is 0 Å². The number of anilines is 2. The van der Waals surface area contributed by atoms with E-state index in [1.54, 1.807) is 6.20 Å². The standard InChI is InChI=1S/C10H16N4/c1-8-6-10(13-7-9(8)11)14-4-2-12-3-5-14/h6-7,12H,2-5,11H2,1H3. The molecule has 0 bridgehead atoms. The van der Waals surface area contributed by atoms with Crippen LogP contribution < -0.4 is 16.0 Å². The van der Waals surface area contributed by atoms with Crippen LogP contribution in [-0.2, 0) is 0 Å². The molecule has 4 heteroatoms. The number of nitrogens with two attached hydrogens (primary N) is 1. The van der Waals surface area contributed by atoms with Crippen LogP contribution in [0.3, 0.4) is 0 Å². The number of hydrogen-bond donors (Lipinski definition) is 2. The summed E-state index contributed by atoms with van der Waals surface area (Å²) in [5.41, 5.74) is 7.60. The molecule has 0 amide bonds. The van der Waals surface area contributed by atoms with Crippen molar-refractivity contribution in [3.63, 3.8) is 0 Å². The molecule has 76 valence electrons. The summed E-state index contributed by atoms with van der Waals surface area (Å²) in [5, 5.41) is 3.32. The van der Waals surface area contributed by atoms with Crippen molar-refractivity contribution < 1.29 is 0 Å². The molecule has 4 nitrogen and oxygen atoms in total. The van der Waals surface area contributed by atoms with Gasteiger partial charge in [-0.2, -0.15) is 0 Å². The summed E-state index contributed by atoms with van der Waals surface area (Å²) in [6.07, 6.45) is 1.74. The number of aromatic nitrogens is 1. The van der Waals surface area contributed by atoms with Crippen LogP contribution in [-0.4, -0.2) is 31.2 Å². The van der Waals surface area contributed by atoms with Gasteiger partial charge in [0.1, 0.15) is 5.82 Å². The molecule has 0 aromatic carbocycles. The molecule has 0 spiro atoms. The van der Waals surface area contributed by atoms with E-state index in [0.29, 0.717) is 0 Å². The summed E-state index contributed by atoms with van der Waals surface area (Å²) in [4.78, 5) is 6.62. The van der Waals surface area contributed by atoms with E-state index in [2.05, 4.69) is 21.3 Å². The monoisotopic (exact) mass is 192 g/mol. The van der Waals surface area contributed by atoms with Gasteiger partial charge in [0.05, 0.1) is 11.9 Å². The summed E-state index contributed by atoms with van der Waals surface area (Å²) in [6, 6.07) is 2.06. The quantitative estimate of drug-likeness (QED) is 0.675. The summed E-state index contributed by atoms with van der Waals surface area (Å²) in [7, 11) is 0. The molecule has 1 aliphatic heterocycles. The van der Waals surface area contributed by atoms with Gasteiger partial charge in [-0.25, -0.2) is 4.98 Å². The lowest BCUT2D eigenvalue weighted by atomic mass is 10.2. The van der Waals surface area contributed by atoms with Gasteiger partial charge in [0, 0.05) is 26.2 Å². The number of nitrogen functional groups attached to an aromatic ring is 1. The minimum absolute atomic E-state index is 0.767. The molecular weight excluding hydrogens is 176 g/mol. The first-order valence-electron chi connectivity index (χ1n) is 4.95. The fourth-order valence-electron chi connectivity index (χ4n) is 1.62. The zero-order valence-electron chi connectivity index (χ0n) is 8.45. The Hall–Kier alpha value is -1.29. The molecule has 1 aromatic heterocycles. The Bertz CT molecular complexity index is 318. The van der Waals surface area contributed by atoms with Gasteiger partial charge in [-0.3, -0.25) is 0 Å². The number of aryl methyl sites for hydroxylation is 1. The Morgan fingerprint density at radius 3 is 2.79 bits per heavy atom. The first kappa shape index (κ1) is 9.27. The number of rotatable bonds is 1. The minimum Gasteiger partial charge on any atom is -0.397 e. The SMILES string of the molecule is Cc1cc(N2CCNCC2)ncc1N. The number of nitrogens with zero attached hydrogens (tertiary/aromatic N) is 2. The third-order valence-electron chi connectivity index (χ3n) is 2.58. The lowest BCUT2D eigenvalue weighted by molar-refractivity contribution is 0.585. The van der Waals surface area contributed by atoms with Crippen LogP contribution in [0.25, 0.3) is 0 Å². The number of pyridine rings is 1. The molecule has 1 aliphatic rings. The topological polar surface area (TPSA) is 54.2 Å². The maximum atomic E-state index is 5.72. The zero-order valence-corrected chi connectivity index (χ0v) is 8.45. The first-order valence-corrected chi connectivity index (χ1v) is 4.95. The van der Waals surface area contributed by atoms with Crippen molar-refractivity contribution in [1.82, 2.24) is 10.3 Å². The molecule has 14 heavy (non-hydrogen) atoms. The number of nitrogens with one attached hydrogen (secondary N) is 1. The molecule has 0 radical (unpaired) electrons. The Kier molecular flexibility index (Phi) is 2.54. The van der Waals surface area contributed by atoms with Crippen LogP contribution in [0.5, 0.6) is 0 Å². The number of piperazine rings is 1. The summed E-state index contributed by atoms with van der Waals surface area (Å²) >= 11 is 0. The second kappa shape index (κ2) is 3.84. The molecule has 2 rings (SSSR count). The highest BCUT2D eigenvalue weighted by atomic mass is 15.2. The Morgan fingerprint density at radius 2 is 2.14 bits per heavy atom. The maximum absolute atomic E-state index is 5.72. The molecule has 0 atom stereocenters. The number of hydrogen-bond acceptors (Lipinski definition) is 4. The Morgan fingerprint density at radius 1 is 1.43 bits per heavy atom. The van der Waals surface area contributed by atoms with Gasteiger partial charge in [-0.15, -0.1) is 0 Å². The molecule has 1 aromatic rings. The lowest BCUT2D eigenvalue weighted by Gasteiger charge is -2.28. The van der Waals surface area contributed by atoms with Gasteiger partial charge in [0.25, 0.3) is 0 Å². The smallest absolute Gasteiger partial charge is 0.128 e. The average Bonchev–Trinajstić information content (AvgIpc) is 2.23. The minimum atomic E-state index is 0.767. The Labute approximate surface area is 84.1 Å². The molecule has 3 N–H and O–H groups in total. The maximum Gasteiger partial charge on any atom is 0.128 e. The molecule has 0 saturated carbocycles. The van der Waals surface area contributed by atoms with Gasteiger partial charge >= 0.3 is 0 Å². The lowest BCUT2D eigenvalue weighted by Crippen LogP contribution is -2.43. The van der Waals surface area contributed by atoms with Crippen LogP contribution in [0.15, 0.2) is 12.3 Å². The van der Waals surface area contributed by atoms with E-state index in [4.69, 9.17) is 5.73 Å². The molecule has 1 fully saturated rings. The highest BCUT2D eigenvalue weighted by Gasteiger charge is 2.11. The fourth-order valence-corrected chi connectivity index (χ4v) is 1.62. The average molecular weight is 192 g/mol. The predicted molar refractivity (Wildman–Crippen MR) is 58.5 cm³/mol. The third-order valence-corrected chi connectivity index (χ3v) is 2.58. The van der Waals surface area contributed by atoms with Crippen molar-refractivity contribution in [2.75, 3.05) is 36.8 Å². The van der Waals surface area contributed by atoms with E-state index in [1.807, 2.05) is 6.92 Å². The van der Waals surface area contributed by atoms with E-state index in [1.165, 1.54) is 0 Å². The van der Waals surface area contributed by atoms with Crippen molar-refractivity contribution >= 4 is 11.5 Å². The second-order valence-electron chi connectivity index (χ2n) is 3.64. The summed E-state index contributed by atoms with van der Waals surface area (Å²) in [6.45, 7) is 6.13. The summed E-state index contributed by atoms with van der Waals surface area (Å²) in [5.74, 6) is 1.04. The van der Waals surface area contributed by atoms with E-state index in [0.717, 1.165) is 43.2 Å². The van der Waals surface area contributed by atoms with Crippen molar-refractivity contribution in [3.05, 3.63) is 17.8 Å². The van der Waals surface area contributed by atoms with Crippen LogP contribution in [0, 0.1) is 6.92 Å². The highest BCUT2D eigenvalue weighted by Crippen LogP contribution is 2.17. The molecule has 0 unspecified atom stereocenters. The van der Waals surface area contributed by atoms with Crippen LogP contribution in [0.4, 0.5) is 11.5 Å². The van der Waals surface area contributed by atoms with Gasteiger partial charge in [0.2, 0.25) is 0 Å². The fraction of sp³-hybridized carbons (Fsp3) is 0.500. The van der Waals surface area contributed by atoms with Crippen molar-refractivity contribution in [2.24, 2.45) is 0 Å². The van der Waals surface area contributed by atoms with Crippen molar-refractivity contribution in [2.45, 2.75) is 6.92 Å². The van der Waals surface area contributed by atoms with E-state index in [-0.39, 0.29) is 0 Å².